The lowest BCUT2D eigenvalue weighted by molar-refractivity contribution is -0.193. The number of aliphatic hydroxyl groups is 1. The Morgan fingerprint density at radius 2 is 1.97 bits per heavy atom. The summed E-state index contributed by atoms with van der Waals surface area (Å²) in [6, 6.07) is 5.72. The molecule has 2 aromatic rings. The van der Waals surface area contributed by atoms with Crippen molar-refractivity contribution < 1.29 is 32.2 Å². The van der Waals surface area contributed by atoms with E-state index < -0.39 is 17.6 Å². The number of aryl methyl sites for hydroxylation is 2. The molecule has 1 amide bonds. The molecule has 162 valence electrons. The molecule has 8 heteroatoms. The number of furan rings is 1. The Balaban J connectivity index is 0.000000313. The van der Waals surface area contributed by atoms with Crippen molar-refractivity contribution in [2.24, 2.45) is 5.92 Å². The molecular weight excluding hydrogens is 387 g/mol. The molecule has 3 rings (SSSR count). The molecule has 0 saturated heterocycles. The quantitative estimate of drug-likeness (QED) is 0.753. The fourth-order valence-corrected chi connectivity index (χ4v) is 3.13. The van der Waals surface area contributed by atoms with Crippen LogP contribution in [0.1, 0.15) is 47.9 Å². The van der Waals surface area contributed by atoms with Crippen LogP contribution in [-0.2, 0) is 4.74 Å². The number of benzene rings is 1. The van der Waals surface area contributed by atoms with Crippen LogP contribution in [0.25, 0.3) is 11.0 Å². The molecule has 1 aliphatic carbocycles. The minimum atomic E-state index is -3.90. The first kappa shape index (κ1) is 23.2. The van der Waals surface area contributed by atoms with Crippen LogP contribution in [0, 0.1) is 19.8 Å². The van der Waals surface area contributed by atoms with Crippen molar-refractivity contribution in [3.05, 3.63) is 35.1 Å². The van der Waals surface area contributed by atoms with Gasteiger partial charge in [-0.15, -0.1) is 0 Å². The Morgan fingerprint density at radius 1 is 1.31 bits per heavy atom. The van der Waals surface area contributed by atoms with Gasteiger partial charge in [0.15, 0.2) is 0 Å². The molecule has 1 saturated carbocycles. The van der Waals surface area contributed by atoms with Crippen molar-refractivity contribution in [1.29, 1.82) is 0 Å². The number of hydrogen-bond donors (Lipinski definition) is 2. The van der Waals surface area contributed by atoms with E-state index in [2.05, 4.69) is 5.32 Å². The average Bonchev–Trinajstić information content (AvgIpc) is 2.87. The van der Waals surface area contributed by atoms with Crippen LogP contribution in [-0.4, -0.2) is 43.1 Å². The van der Waals surface area contributed by atoms with Crippen molar-refractivity contribution in [2.75, 3.05) is 20.3 Å². The summed E-state index contributed by atoms with van der Waals surface area (Å²) < 4.78 is 45.2. The Morgan fingerprint density at radius 3 is 2.41 bits per heavy atom. The van der Waals surface area contributed by atoms with E-state index in [0.717, 1.165) is 17.4 Å². The maximum atomic E-state index is 12.6. The van der Waals surface area contributed by atoms with Crippen LogP contribution in [0.4, 0.5) is 13.2 Å². The zero-order chi connectivity index (χ0) is 21.8. The first-order valence-electron chi connectivity index (χ1n) is 9.49. The third-order valence-corrected chi connectivity index (χ3v) is 5.04. The second-order valence-corrected chi connectivity index (χ2v) is 7.81. The van der Waals surface area contributed by atoms with Gasteiger partial charge in [-0.2, -0.15) is 13.2 Å². The van der Waals surface area contributed by atoms with Crippen LogP contribution >= 0.6 is 0 Å². The highest BCUT2D eigenvalue weighted by Gasteiger charge is 2.42. The lowest BCUT2D eigenvalue weighted by Crippen LogP contribution is -2.52. The van der Waals surface area contributed by atoms with Crippen LogP contribution in [0.3, 0.4) is 0 Å². The normalized spacial score (nSPS) is 16.6. The fourth-order valence-electron chi connectivity index (χ4n) is 3.13. The SMILES string of the molecule is COCC(C)(CO)NC(=O)c1c(C)oc2ccc(C)cc12.FC(F)(F)C1CCC1. The standard InChI is InChI=1S/C16H21NO4.C5H7F3/c1-10-5-6-13-12(7-10)14(11(2)21-13)15(19)17-16(3,8-18)9-20-4;6-5(7,8)4-2-1-3-4/h5-7,18H,8-9H2,1-4H3,(H,17,19);4H,1-3H2. The molecule has 1 unspecified atom stereocenters. The number of nitrogens with one attached hydrogen (secondary N) is 1. The number of amides is 1. The summed E-state index contributed by atoms with van der Waals surface area (Å²) in [7, 11) is 1.53. The van der Waals surface area contributed by atoms with Gasteiger partial charge in [0.05, 0.1) is 30.2 Å². The molecular formula is C21H28F3NO4. The molecule has 29 heavy (non-hydrogen) atoms. The summed E-state index contributed by atoms with van der Waals surface area (Å²) in [6.45, 7) is 5.48. The number of rotatable bonds is 5. The van der Waals surface area contributed by atoms with E-state index in [1.165, 1.54) is 7.11 Å². The molecule has 1 atom stereocenters. The van der Waals surface area contributed by atoms with Crippen LogP contribution in [0.2, 0.25) is 0 Å². The molecule has 0 aliphatic heterocycles. The second kappa shape index (κ2) is 9.17. The Bertz CT molecular complexity index is 842. The van der Waals surface area contributed by atoms with Crippen molar-refractivity contribution in [3.63, 3.8) is 0 Å². The van der Waals surface area contributed by atoms with E-state index in [-0.39, 0.29) is 19.1 Å². The molecule has 0 radical (unpaired) electrons. The maximum Gasteiger partial charge on any atom is 0.391 e. The van der Waals surface area contributed by atoms with Gasteiger partial charge in [-0.05, 0) is 45.7 Å². The predicted molar refractivity (Wildman–Crippen MR) is 104 cm³/mol. The summed E-state index contributed by atoms with van der Waals surface area (Å²) >= 11 is 0. The summed E-state index contributed by atoms with van der Waals surface area (Å²) in [5, 5.41) is 13.1. The van der Waals surface area contributed by atoms with Gasteiger partial charge < -0.3 is 19.6 Å². The Hall–Kier alpha value is -2.06. The molecule has 1 heterocycles. The highest BCUT2D eigenvalue weighted by atomic mass is 19.4. The Kier molecular flexibility index (Phi) is 7.35. The monoisotopic (exact) mass is 415 g/mol. The lowest BCUT2D eigenvalue weighted by atomic mass is 9.85. The smallest absolute Gasteiger partial charge is 0.391 e. The van der Waals surface area contributed by atoms with E-state index in [4.69, 9.17) is 9.15 Å². The van der Waals surface area contributed by atoms with Gasteiger partial charge in [-0.3, -0.25) is 4.79 Å². The van der Waals surface area contributed by atoms with Crippen LogP contribution < -0.4 is 5.32 Å². The summed E-state index contributed by atoms with van der Waals surface area (Å²) in [4.78, 5) is 12.6. The molecule has 0 bridgehead atoms. The van der Waals surface area contributed by atoms with Crippen molar-refractivity contribution >= 4 is 16.9 Å². The van der Waals surface area contributed by atoms with Crippen LogP contribution in [0.15, 0.2) is 22.6 Å². The predicted octanol–water partition coefficient (Wildman–Crippen LogP) is 4.53. The minimum absolute atomic E-state index is 0.208. The third-order valence-electron chi connectivity index (χ3n) is 5.04. The molecule has 1 fully saturated rings. The van der Waals surface area contributed by atoms with Crippen molar-refractivity contribution in [3.8, 4) is 0 Å². The number of methoxy groups -OCH3 is 1. The molecule has 1 aromatic heterocycles. The molecule has 1 aliphatic rings. The third kappa shape index (κ3) is 5.73. The number of carbonyl (C=O) groups excluding carboxylic acids is 1. The minimum Gasteiger partial charge on any atom is -0.461 e. The zero-order valence-corrected chi connectivity index (χ0v) is 17.2. The van der Waals surface area contributed by atoms with Crippen molar-refractivity contribution in [2.45, 2.75) is 51.7 Å². The number of hydrogen-bond acceptors (Lipinski definition) is 4. The van der Waals surface area contributed by atoms with E-state index in [1.54, 1.807) is 13.8 Å². The van der Waals surface area contributed by atoms with E-state index in [1.807, 2.05) is 25.1 Å². The number of alkyl halides is 3. The fraction of sp³-hybridized carbons (Fsp3) is 0.571. The summed E-state index contributed by atoms with van der Waals surface area (Å²) in [5.74, 6) is -0.682. The van der Waals surface area contributed by atoms with Gasteiger partial charge in [0.2, 0.25) is 0 Å². The maximum absolute atomic E-state index is 12.6. The van der Waals surface area contributed by atoms with Gasteiger partial charge in [-0.25, -0.2) is 0 Å². The van der Waals surface area contributed by atoms with E-state index in [9.17, 15) is 23.1 Å². The highest BCUT2D eigenvalue weighted by Crippen LogP contribution is 2.40. The van der Waals surface area contributed by atoms with Crippen molar-refractivity contribution in [1.82, 2.24) is 5.32 Å². The summed E-state index contributed by atoms with van der Waals surface area (Å²) in [6.07, 6.45) is -2.45. The number of ether oxygens (including phenoxy) is 1. The van der Waals surface area contributed by atoms with E-state index in [0.29, 0.717) is 29.7 Å². The number of carbonyl (C=O) groups is 1. The number of fused-ring (bicyclic) bond motifs is 1. The average molecular weight is 415 g/mol. The molecule has 1 aromatic carbocycles. The topological polar surface area (TPSA) is 71.7 Å². The lowest BCUT2D eigenvalue weighted by Gasteiger charge is -2.27. The first-order valence-corrected chi connectivity index (χ1v) is 9.49. The summed E-state index contributed by atoms with van der Waals surface area (Å²) in [5.41, 5.74) is 1.41. The molecule has 2 N–H and O–H groups in total. The Labute approximate surface area is 168 Å². The number of aliphatic hydroxyl groups excluding tert-OH is 1. The largest absolute Gasteiger partial charge is 0.461 e. The van der Waals surface area contributed by atoms with E-state index >= 15 is 0 Å². The van der Waals surface area contributed by atoms with Gasteiger partial charge >= 0.3 is 6.18 Å². The molecule has 5 nitrogen and oxygen atoms in total. The van der Waals surface area contributed by atoms with Crippen LogP contribution in [0.5, 0.6) is 0 Å². The zero-order valence-electron chi connectivity index (χ0n) is 17.2. The highest BCUT2D eigenvalue weighted by molar-refractivity contribution is 6.07. The number of halogens is 3. The molecule has 0 spiro atoms. The second-order valence-electron chi connectivity index (χ2n) is 7.81. The first-order chi connectivity index (χ1) is 13.5. The van der Waals surface area contributed by atoms with Gasteiger partial charge in [-0.1, -0.05) is 18.1 Å². The van der Waals surface area contributed by atoms with Gasteiger partial charge in [0.25, 0.3) is 5.91 Å². The van der Waals surface area contributed by atoms with Gasteiger partial charge in [0, 0.05) is 12.5 Å². The van der Waals surface area contributed by atoms with Gasteiger partial charge in [0.1, 0.15) is 11.3 Å².